The minimum Gasteiger partial charge on any atom is -0.489 e. The molecule has 3 aromatic rings. The first-order chi connectivity index (χ1) is 11.3. The highest BCUT2D eigenvalue weighted by Crippen LogP contribution is 2.24. The van der Waals surface area contributed by atoms with Crippen LogP contribution in [-0.2, 0) is 13.0 Å². The van der Waals surface area contributed by atoms with E-state index in [1.54, 1.807) is 6.07 Å². The Morgan fingerprint density at radius 1 is 0.783 bits per heavy atom. The number of carbonyl (C=O) groups is 1. The zero-order valence-corrected chi connectivity index (χ0v) is 12.8. The number of rotatable bonds is 6. The second-order valence-corrected chi connectivity index (χ2v) is 5.42. The molecule has 2 heteroatoms. The molecule has 114 valence electrons. The van der Waals surface area contributed by atoms with E-state index in [9.17, 15) is 4.79 Å². The van der Waals surface area contributed by atoms with Gasteiger partial charge in [-0.15, -0.1) is 0 Å². The van der Waals surface area contributed by atoms with Crippen molar-refractivity contribution in [3.63, 3.8) is 0 Å². The van der Waals surface area contributed by atoms with E-state index >= 15 is 0 Å². The molecule has 23 heavy (non-hydrogen) atoms. The third-order valence-electron chi connectivity index (χ3n) is 3.70. The van der Waals surface area contributed by atoms with E-state index in [4.69, 9.17) is 4.74 Å². The monoisotopic (exact) mass is 302 g/mol. The quantitative estimate of drug-likeness (QED) is 0.619. The summed E-state index contributed by atoms with van der Waals surface area (Å²) in [6, 6.07) is 25.8. The summed E-state index contributed by atoms with van der Waals surface area (Å²) < 4.78 is 5.98. The topological polar surface area (TPSA) is 26.3 Å². The van der Waals surface area contributed by atoms with E-state index in [0.29, 0.717) is 12.2 Å². The van der Waals surface area contributed by atoms with Gasteiger partial charge < -0.3 is 4.74 Å². The molecule has 0 aliphatic carbocycles. The maximum atomic E-state index is 11.1. The van der Waals surface area contributed by atoms with Gasteiger partial charge in [0.15, 0.2) is 0 Å². The molecular formula is C21H18O2. The van der Waals surface area contributed by atoms with Gasteiger partial charge in [0.1, 0.15) is 18.6 Å². The van der Waals surface area contributed by atoms with E-state index in [1.165, 1.54) is 5.56 Å². The number of ether oxygens (including phenoxy) is 1. The lowest BCUT2D eigenvalue weighted by molar-refractivity contribution is 0.112. The van der Waals surface area contributed by atoms with Crippen molar-refractivity contribution in [1.82, 2.24) is 0 Å². The molecule has 0 aliphatic heterocycles. The number of hydrogen-bond donors (Lipinski definition) is 0. The zero-order valence-electron chi connectivity index (χ0n) is 12.8. The fourth-order valence-electron chi connectivity index (χ4n) is 2.50. The van der Waals surface area contributed by atoms with Gasteiger partial charge >= 0.3 is 0 Å². The van der Waals surface area contributed by atoms with Crippen molar-refractivity contribution >= 4 is 6.29 Å². The Morgan fingerprint density at radius 2 is 1.43 bits per heavy atom. The van der Waals surface area contributed by atoms with Crippen molar-refractivity contribution in [3.05, 3.63) is 101 Å². The van der Waals surface area contributed by atoms with Crippen LogP contribution in [0.3, 0.4) is 0 Å². The minimum absolute atomic E-state index is 0.517. The molecule has 0 unspecified atom stereocenters. The molecule has 0 N–H and O–H groups in total. The summed E-state index contributed by atoms with van der Waals surface area (Å²) in [7, 11) is 0. The van der Waals surface area contributed by atoms with Gasteiger partial charge in [-0.3, -0.25) is 4.79 Å². The number of benzene rings is 3. The molecule has 0 aromatic heterocycles. The van der Waals surface area contributed by atoms with Crippen LogP contribution in [0.25, 0.3) is 0 Å². The van der Waals surface area contributed by atoms with Crippen LogP contribution in [-0.4, -0.2) is 6.29 Å². The van der Waals surface area contributed by atoms with Gasteiger partial charge in [0.05, 0.1) is 0 Å². The predicted molar refractivity (Wildman–Crippen MR) is 91.9 cm³/mol. The molecule has 0 fully saturated rings. The van der Waals surface area contributed by atoms with E-state index in [1.807, 2.05) is 60.7 Å². The average Bonchev–Trinajstić information content (AvgIpc) is 2.62. The summed E-state index contributed by atoms with van der Waals surface area (Å²) in [6.07, 6.45) is 1.61. The number of hydrogen-bond acceptors (Lipinski definition) is 2. The maximum absolute atomic E-state index is 11.1. The van der Waals surface area contributed by atoms with Crippen molar-refractivity contribution in [2.24, 2.45) is 0 Å². The van der Waals surface area contributed by atoms with Crippen molar-refractivity contribution in [2.45, 2.75) is 13.0 Å². The van der Waals surface area contributed by atoms with Crippen molar-refractivity contribution in [1.29, 1.82) is 0 Å². The van der Waals surface area contributed by atoms with Crippen LogP contribution in [0, 0.1) is 0 Å². The van der Waals surface area contributed by atoms with Gasteiger partial charge in [0, 0.05) is 12.0 Å². The number of aldehydes is 1. The molecule has 0 amide bonds. The van der Waals surface area contributed by atoms with Crippen LogP contribution in [0.4, 0.5) is 0 Å². The highest BCUT2D eigenvalue weighted by Gasteiger charge is 2.07. The zero-order chi connectivity index (χ0) is 15.9. The Hall–Kier alpha value is -2.87. The van der Waals surface area contributed by atoms with Crippen LogP contribution in [0.2, 0.25) is 0 Å². The molecular weight excluding hydrogens is 284 g/mol. The fraction of sp³-hybridized carbons (Fsp3) is 0.0952. The van der Waals surface area contributed by atoms with Crippen LogP contribution in [0.15, 0.2) is 78.9 Å². The first-order valence-electron chi connectivity index (χ1n) is 7.64. The van der Waals surface area contributed by atoms with Crippen LogP contribution < -0.4 is 4.74 Å². The van der Waals surface area contributed by atoms with Crippen LogP contribution >= 0.6 is 0 Å². The fourth-order valence-corrected chi connectivity index (χ4v) is 2.50. The molecule has 3 aromatic carbocycles. The van der Waals surface area contributed by atoms with Crippen molar-refractivity contribution < 1.29 is 9.53 Å². The van der Waals surface area contributed by atoms with Gasteiger partial charge in [-0.25, -0.2) is 0 Å². The molecule has 0 saturated carbocycles. The summed E-state index contributed by atoms with van der Waals surface area (Å²) in [4.78, 5) is 11.1. The van der Waals surface area contributed by atoms with Gasteiger partial charge in [0.2, 0.25) is 0 Å². The number of carbonyl (C=O) groups excluding carboxylic acids is 1. The van der Waals surface area contributed by atoms with Crippen molar-refractivity contribution in [2.75, 3.05) is 0 Å². The highest BCUT2D eigenvalue weighted by atomic mass is 16.5. The molecule has 0 saturated heterocycles. The SMILES string of the molecule is O=Cc1ccc(OCc2ccccc2)c(Cc2ccccc2)c1. The average molecular weight is 302 g/mol. The molecule has 2 nitrogen and oxygen atoms in total. The molecule has 3 rings (SSSR count). The van der Waals surface area contributed by atoms with Gasteiger partial charge in [-0.1, -0.05) is 60.7 Å². The molecule has 0 bridgehead atoms. The molecule has 0 atom stereocenters. The Balaban J connectivity index is 1.82. The van der Waals surface area contributed by atoms with Gasteiger partial charge in [0.25, 0.3) is 0 Å². The maximum Gasteiger partial charge on any atom is 0.150 e. The second kappa shape index (κ2) is 7.41. The smallest absolute Gasteiger partial charge is 0.150 e. The first kappa shape index (κ1) is 15.0. The Kier molecular flexibility index (Phi) is 4.85. The third-order valence-corrected chi connectivity index (χ3v) is 3.70. The Bertz CT molecular complexity index is 764. The summed E-state index contributed by atoms with van der Waals surface area (Å²) in [5.41, 5.74) is 4.01. The minimum atomic E-state index is 0.517. The summed E-state index contributed by atoms with van der Waals surface area (Å²) >= 11 is 0. The summed E-state index contributed by atoms with van der Waals surface area (Å²) in [6.45, 7) is 0.517. The van der Waals surface area contributed by atoms with Crippen LogP contribution in [0.1, 0.15) is 27.0 Å². The van der Waals surface area contributed by atoms with E-state index < -0.39 is 0 Å². The molecule has 0 aliphatic rings. The van der Waals surface area contributed by atoms with Gasteiger partial charge in [-0.2, -0.15) is 0 Å². The first-order valence-corrected chi connectivity index (χ1v) is 7.64. The second-order valence-electron chi connectivity index (χ2n) is 5.42. The molecule has 0 radical (unpaired) electrons. The molecule has 0 spiro atoms. The van der Waals surface area contributed by atoms with Crippen molar-refractivity contribution in [3.8, 4) is 5.75 Å². The summed E-state index contributed by atoms with van der Waals surface area (Å²) in [5, 5.41) is 0. The standard InChI is InChI=1S/C21H18O2/c22-15-19-11-12-21(23-16-18-9-5-2-6-10-18)20(14-19)13-17-7-3-1-4-8-17/h1-12,14-15H,13,16H2. The van der Waals surface area contributed by atoms with E-state index in [-0.39, 0.29) is 0 Å². The Labute approximate surface area is 136 Å². The van der Waals surface area contributed by atoms with E-state index in [0.717, 1.165) is 29.6 Å². The van der Waals surface area contributed by atoms with Crippen LogP contribution in [0.5, 0.6) is 5.75 Å². The lowest BCUT2D eigenvalue weighted by Crippen LogP contribution is -2.00. The highest BCUT2D eigenvalue weighted by molar-refractivity contribution is 5.75. The largest absolute Gasteiger partial charge is 0.489 e. The normalized spacial score (nSPS) is 10.3. The third kappa shape index (κ3) is 4.07. The molecule has 0 heterocycles. The predicted octanol–water partition coefficient (Wildman–Crippen LogP) is 4.67. The lowest BCUT2D eigenvalue weighted by atomic mass is 10.0. The summed E-state index contributed by atoms with van der Waals surface area (Å²) in [5.74, 6) is 0.823. The Morgan fingerprint density at radius 3 is 2.09 bits per heavy atom. The van der Waals surface area contributed by atoms with Gasteiger partial charge in [-0.05, 0) is 34.9 Å². The van der Waals surface area contributed by atoms with E-state index in [2.05, 4.69) is 12.1 Å². The lowest BCUT2D eigenvalue weighted by Gasteiger charge is -2.12.